The van der Waals surface area contributed by atoms with Crippen LogP contribution >= 0.6 is 0 Å². The zero-order valence-electron chi connectivity index (χ0n) is 16.4. The quantitative estimate of drug-likeness (QED) is 0.668. The monoisotopic (exact) mass is 389 g/mol. The number of nitrogens with one attached hydrogen (secondary N) is 1. The number of hydrogen-bond donors (Lipinski definition) is 1. The molecule has 0 radical (unpaired) electrons. The Bertz CT molecular complexity index is 539. The van der Waals surface area contributed by atoms with Crippen molar-refractivity contribution in [1.29, 1.82) is 0 Å². The summed E-state index contributed by atoms with van der Waals surface area (Å²) in [6.45, 7) is 11.0. The number of rotatable bonds is 8. The van der Waals surface area contributed by atoms with Gasteiger partial charge in [-0.25, -0.2) is 12.7 Å². The molecule has 0 aromatic heterocycles. The van der Waals surface area contributed by atoms with E-state index in [9.17, 15) is 13.2 Å². The second kappa shape index (κ2) is 10.0. The van der Waals surface area contributed by atoms with E-state index in [0.717, 1.165) is 32.7 Å². The number of amides is 1. The van der Waals surface area contributed by atoms with Gasteiger partial charge in [0, 0.05) is 44.7 Å². The maximum atomic E-state index is 12.6. The van der Waals surface area contributed by atoms with Gasteiger partial charge in [-0.1, -0.05) is 13.8 Å². The van der Waals surface area contributed by atoms with Gasteiger partial charge in [-0.15, -0.1) is 0 Å². The minimum absolute atomic E-state index is 0.0700. The van der Waals surface area contributed by atoms with Crippen LogP contribution in [0.2, 0.25) is 0 Å². The van der Waals surface area contributed by atoms with Crippen molar-refractivity contribution in [2.45, 2.75) is 46.1 Å². The fourth-order valence-corrected chi connectivity index (χ4v) is 4.92. The number of nitrogens with zero attached hydrogens (tertiary/aromatic N) is 2. The summed E-state index contributed by atoms with van der Waals surface area (Å²) in [6.07, 6.45) is 2.27. The van der Waals surface area contributed by atoms with Crippen LogP contribution in [-0.4, -0.2) is 81.3 Å². The molecular weight excluding hydrogens is 354 g/mol. The van der Waals surface area contributed by atoms with Crippen molar-refractivity contribution in [1.82, 2.24) is 14.5 Å². The number of morpholine rings is 1. The van der Waals surface area contributed by atoms with Crippen molar-refractivity contribution < 1.29 is 17.9 Å². The van der Waals surface area contributed by atoms with Crippen molar-refractivity contribution in [3.63, 3.8) is 0 Å². The molecule has 0 spiro atoms. The van der Waals surface area contributed by atoms with Crippen molar-refractivity contribution in [2.24, 2.45) is 11.8 Å². The highest BCUT2D eigenvalue weighted by molar-refractivity contribution is 7.89. The van der Waals surface area contributed by atoms with Gasteiger partial charge in [0.2, 0.25) is 15.9 Å². The Labute approximate surface area is 158 Å². The Morgan fingerprint density at radius 1 is 1.15 bits per heavy atom. The molecule has 0 aromatic carbocycles. The largest absolute Gasteiger partial charge is 0.379 e. The molecule has 1 unspecified atom stereocenters. The van der Waals surface area contributed by atoms with Crippen molar-refractivity contribution >= 4 is 15.9 Å². The van der Waals surface area contributed by atoms with Crippen LogP contribution in [0.4, 0.5) is 0 Å². The Morgan fingerprint density at radius 2 is 1.77 bits per heavy atom. The summed E-state index contributed by atoms with van der Waals surface area (Å²) in [4.78, 5) is 15.0. The maximum absolute atomic E-state index is 12.6. The predicted octanol–water partition coefficient (Wildman–Crippen LogP) is 0.911. The smallest absolute Gasteiger partial charge is 0.223 e. The van der Waals surface area contributed by atoms with E-state index in [2.05, 4.69) is 24.1 Å². The van der Waals surface area contributed by atoms with E-state index >= 15 is 0 Å². The van der Waals surface area contributed by atoms with Crippen LogP contribution in [0.15, 0.2) is 0 Å². The molecule has 0 aromatic rings. The fourth-order valence-electron chi connectivity index (χ4n) is 3.79. The van der Waals surface area contributed by atoms with Crippen LogP contribution in [0, 0.1) is 11.8 Å². The average Bonchev–Trinajstić information content (AvgIpc) is 2.65. The fraction of sp³-hybridized carbons (Fsp3) is 0.944. The molecule has 1 N–H and O–H groups in total. The zero-order valence-corrected chi connectivity index (χ0v) is 17.3. The third-order valence-corrected chi connectivity index (χ3v) is 7.28. The first-order valence-corrected chi connectivity index (χ1v) is 11.5. The molecule has 1 atom stereocenters. The molecule has 0 bridgehead atoms. The first-order chi connectivity index (χ1) is 12.3. The van der Waals surface area contributed by atoms with Crippen molar-refractivity contribution in [2.75, 3.05) is 51.7 Å². The molecule has 7 nitrogen and oxygen atoms in total. The molecule has 8 heteroatoms. The van der Waals surface area contributed by atoms with E-state index in [1.807, 2.05) is 0 Å². The SMILES string of the molecule is CCS(=O)(=O)N1CCC(C(=O)NCC(CC(C)C)N2CCOCC2)CC1. The van der Waals surface area contributed by atoms with Crippen LogP contribution in [0.5, 0.6) is 0 Å². The Hall–Kier alpha value is -0.700. The van der Waals surface area contributed by atoms with Gasteiger partial charge < -0.3 is 10.1 Å². The lowest BCUT2D eigenvalue weighted by molar-refractivity contribution is -0.126. The Kier molecular flexibility index (Phi) is 8.32. The van der Waals surface area contributed by atoms with E-state index in [-0.39, 0.29) is 17.6 Å². The second-order valence-electron chi connectivity index (χ2n) is 7.75. The predicted molar refractivity (Wildman–Crippen MR) is 102 cm³/mol. The lowest BCUT2D eigenvalue weighted by atomic mass is 9.96. The number of piperidine rings is 1. The summed E-state index contributed by atoms with van der Waals surface area (Å²) >= 11 is 0. The van der Waals surface area contributed by atoms with Crippen LogP contribution in [0.3, 0.4) is 0 Å². The third kappa shape index (κ3) is 6.18. The molecule has 2 aliphatic heterocycles. The molecule has 0 saturated carbocycles. The highest BCUT2D eigenvalue weighted by Gasteiger charge is 2.31. The normalized spacial score (nSPS) is 22.5. The van der Waals surface area contributed by atoms with Gasteiger partial charge in [-0.3, -0.25) is 9.69 Å². The summed E-state index contributed by atoms with van der Waals surface area (Å²) in [7, 11) is -3.14. The molecule has 152 valence electrons. The first-order valence-electron chi connectivity index (χ1n) is 9.90. The van der Waals surface area contributed by atoms with Gasteiger partial charge >= 0.3 is 0 Å². The van der Waals surface area contributed by atoms with Gasteiger partial charge in [0.05, 0.1) is 19.0 Å². The zero-order chi connectivity index (χ0) is 19.2. The van der Waals surface area contributed by atoms with Gasteiger partial charge in [0.1, 0.15) is 0 Å². The van der Waals surface area contributed by atoms with Crippen molar-refractivity contribution in [3.8, 4) is 0 Å². The molecular formula is C18H35N3O4S. The summed E-state index contributed by atoms with van der Waals surface area (Å²) in [5.74, 6) is 0.686. The second-order valence-corrected chi connectivity index (χ2v) is 10.0. The van der Waals surface area contributed by atoms with E-state index in [1.54, 1.807) is 6.92 Å². The molecule has 2 fully saturated rings. The topological polar surface area (TPSA) is 79.0 Å². The summed E-state index contributed by atoms with van der Waals surface area (Å²) < 4.78 is 30.8. The molecule has 26 heavy (non-hydrogen) atoms. The number of carbonyl (C=O) groups excluding carboxylic acids is 1. The van der Waals surface area contributed by atoms with E-state index < -0.39 is 10.0 Å². The minimum atomic E-state index is -3.14. The minimum Gasteiger partial charge on any atom is -0.379 e. The summed E-state index contributed by atoms with van der Waals surface area (Å²) in [6, 6.07) is 0.336. The third-order valence-electron chi connectivity index (χ3n) is 5.40. The number of sulfonamides is 1. The molecule has 1 amide bonds. The highest BCUT2D eigenvalue weighted by Crippen LogP contribution is 2.20. The lowest BCUT2D eigenvalue weighted by Crippen LogP contribution is -2.50. The Balaban J connectivity index is 1.82. The van der Waals surface area contributed by atoms with E-state index in [1.165, 1.54) is 4.31 Å². The standard InChI is InChI=1S/C18H35N3O4S/c1-4-26(23,24)21-7-5-16(6-8-21)18(22)19-14-17(13-15(2)3)20-9-11-25-12-10-20/h15-17H,4-14H2,1-3H3,(H,19,22). The average molecular weight is 390 g/mol. The number of ether oxygens (including phenoxy) is 1. The van der Waals surface area contributed by atoms with Gasteiger partial charge in [-0.2, -0.15) is 0 Å². The Morgan fingerprint density at radius 3 is 2.31 bits per heavy atom. The van der Waals surface area contributed by atoms with Gasteiger partial charge in [0.15, 0.2) is 0 Å². The molecule has 0 aliphatic carbocycles. The van der Waals surface area contributed by atoms with Crippen LogP contribution in [0.25, 0.3) is 0 Å². The molecule has 2 saturated heterocycles. The molecule has 2 heterocycles. The maximum Gasteiger partial charge on any atom is 0.223 e. The molecule has 2 aliphatic rings. The van der Waals surface area contributed by atoms with Crippen molar-refractivity contribution in [3.05, 3.63) is 0 Å². The summed E-state index contributed by atoms with van der Waals surface area (Å²) in [5.41, 5.74) is 0. The number of hydrogen-bond acceptors (Lipinski definition) is 5. The van der Waals surface area contributed by atoms with Crippen LogP contribution in [-0.2, 0) is 19.6 Å². The van der Waals surface area contributed by atoms with Crippen LogP contribution < -0.4 is 5.32 Å². The summed E-state index contributed by atoms with van der Waals surface area (Å²) in [5, 5.41) is 3.13. The molecule has 2 rings (SSSR count). The lowest BCUT2D eigenvalue weighted by Gasteiger charge is -2.36. The van der Waals surface area contributed by atoms with E-state index in [4.69, 9.17) is 4.74 Å². The number of carbonyl (C=O) groups is 1. The highest BCUT2D eigenvalue weighted by atomic mass is 32.2. The van der Waals surface area contributed by atoms with Gasteiger partial charge in [-0.05, 0) is 32.1 Å². The van der Waals surface area contributed by atoms with Gasteiger partial charge in [0.25, 0.3) is 0 Å². The van der Waals surface area contributed by atoms with E-state index in [0.29, 0.717) is 44.4 Å². The first kappa shape index (κ1) is 21.6. The van der Waals surface area contributed by atoms with Crippen LogP contribution in [0.1, 0.15) is 40.0 Å².